The molecule has 0 radical (unpaired) electrons. The van der Waals surface area contributed by atoms with Crippen molar-refractivity contribution in [2.45, 2.75) is 10.9 Å². The van der Waals surface area contributed by atoms with Gasteiger partial charge in [-0.2, -0.15) is 0 Å². The third-order valence-electron chi connectivity index (χ3n) is 3.75. The second kappa shape index (κ2) is 6.29. The maximum absolute atomic E-state index is 4.42. The molecule has 0 fully saturated rings. The summed E-state index contributed by atoms with van der Waals surface area (Å²) >= 11 is 1.78. The van der Waals surface area contributed by atoms with Crippen molar-refractivity contribution in [2.75, 3.05) is 13.3 Å². The molecule has 0 saturated carbocycles. The summed E-state index contributed by atoms with van der Waals surface area (Å²) in [5.74, 6) is 0. The molecule has 1 aromatic heterocycles. The van der Waals surface area contributed by atoms with Gasteiger partial charge < -0.3 is 5.32 Å². The van der Waals surface area contributed by atoms with Crippen LogP contribution in [0.5, 0.6) is 0 Å². The Balaban J connectivity index is 2.19. The van der Waals surface area contributed by atoms with E-state index in [2.05, 4.69) is 65.1 Å². The number of aromatic nitrogens is 1. The molecule has 3 heteroatoms. The first-order valence-electron chi connectivity index (χ1n) is 6.98. The molecule has 2 aromatic carbocycles. The Labute approximate surface area is 129 Å². The Morgan fingerprint density at radius 3 is 2.52 bits per heavy atom. The van der Waals surface area contributed by atoms with Gasteiger partial charge in [0.25, 0.3) is 0 Å². The molecule has 0 aliphatic rings. The first-order chi connectivity index (χ1) is 10.3. The van der Waals surface area contributed by atoms with E-state index in [1.54, 1.807) is 11.8 Å². The number of nitrogens with zero attached hydrogens (tertiary/aromatic N) is 1. The van der Waals surface area contributed by atoms with Gasteiger partial charge in [0.2, 0.25) is 0 Å². The summed E-state index contributed by atoms with van der Waals surface area (Å²) in [5.41, 5.74) is 2.52. The molecular formula is C18H18N2S. The zero-order valence-corrected chi connectivity index (χ0v) is 13.0. The summed E-state index contributed by atoms with van der Waals surface area (Å²) in [6.07, 6.45) is 6.01. The molecule has 106 valence electrons. The highest BCUT2D eigenvalue weighted by molar-refractivity contribution is 7.98. The maximum Gasteiger partial charge on any atom is 0.0606 e. The molecule has 1 atom stereocenters. The van der Waals surface area contributed by atoms with Gasteiger partial charge in [-0.25, -0.2) is 0 Å². The van der Waals surface area contributed by atoms with Crippen molar-refractivity contribution in [3.63, 3.8) is 0 Å². The Morgan fingerprint density at radius 2 is 1.71 bits per heavy atom. The summed E-state index contributed by atoms with van der Waals surface area (Å²) in [5, 5.41) is 5.88. The quantitative estimate of drug-likeness (QED) is 0.728. The lowest BCUT2D eigenvalue weighted by atomic mass is 9.96. The number of pyridine rings is 1. The average molecular weight is 294 g/mol. The van der Waals surface area contributed by atoms with Crippen molar-refractivity contribution < 1.29 is 0 Å². The van der Waals surface area contributed by atoms with Crippen LogP contribution in [0.1, 0.15) is 17.2 Å². The van der Waals surface area contributed by atoms with Crippen LogP contribution in [0.3, 0.4) is 0 Å². The fraction of sp³-hybridized carbons (Fsp3) is 0.167. The molecule has 1 heterocycles. The smallest absolute Gasteiger partial charge is 0.0606 e. The lowest BCUT2D eigenvalue weighted by Gasteiger charge is -2.21. The Morgan fingerprint density at radius 1 is 0.952 bits per heavy atom. The van der Waals surface area contributed by atoms with Crippen molar-refractivity contribution in [3.8, 4) is 0 Å². The van der Waals surface area contributed by atoms with E-state index in [4.69, 9.17) is 0 Å². The largest absolute Gasteiger partial charge is 0.309 e. The first kappa shape index (κ1) is 14.1. The normalized spacial score (nSPS) is 12.5. The van der Waals surface area contributed by atoms with E-state index in [9.17, 15) is 0 Å². The molecule has 21 heavy (non-hydrogen) atoms. The highest BCUT2D eigenvalue weighted by atomic mass is 32.2. The van der Waals surface area contributed by atoms with Crippen molar-refractivity contribution >= 4 is 22.5 Å². The number of rotatable bonds is 4. The van der Waals surface area contributed by atoms with Gasteiger partial charge in [-0.1, -0.05) is 42.5 Å². The SMILES string of the molecule is CNC(c1ccccc1SC)c1cncc2ccccc12. The van der Waals surface area contributed by atoms with Gasteiger partial charge in [-0.3, -0.25) is 4.98 Å². The first-order valence-corrected chi connectivity index (χ1v) is 8.20. The van der Waals surface area contributed by atoms with Gasteiger partial charge in [0.15, 0.2) is 0 Å². The van der Waals surface area contributed by atoms with E-state index in [1.165, 1.54) is 26.8 Å². The molecule has 0 amide bonds. The van der Waals surface area contributed by atoms with E-state index in [0.717, 1.165) is 0 Å². The van der Waals surface area contributed by atoms with Crippen LogP contribution in [0.25, 0.3) is 10.8 Å². The monoisotopic (exact) mass is 294 g/mol. The predicted molar refractivity (Wildman–Crippen MR) is 90.9 cm³/mol. The van der Waals surface area contributed by atoms with E-state index in [-0.39, 0.29) is 6.04 Å². The minimum atomic E-state index is 0.146. The van der Waals surface area contributed by atoms with Gasteiger partial charge in [0.1, 0.15) is 0 Å². The van der Waals surface area contributed by atoms with Gasteiger partial charge >= 0.3 is 0 Å². The molecular weight excluding hydrogens is 276 g/mol. The van der Waals surface area contributed by atoms with E-state index >= 15 is 0 Å². The number of fused-ring (bicyclic) bond motifs is 1. The summed E-state index contributed by atoms with van der Waals surface area (Å²) in [4.78, 5) is 5.71. The van der Waals surface area contributed by atoms with Crippen molar-refractivity contribution in [1.29, 1.82) is 0 Å². The number of hydrogen-bond acceptors (Lipinski definition) is 3. The molecule has 0 aliphatic carbocycles. The van der Waals surface area contributed by atoms with Crippen LogP contribution in [0.4, 0.5) is 0 Å². The highest BCUT2D eigenvalue weighted by Gasteiger charge is 2.17. The Hall–Kier alpha value is -1.84. The fourth-order valence-electron chi connectivity index (χ4n) is 2.75. The summed E-state index contributed by atoms with van der Waals surface area (Å²) in [6, 6.07) is 17.1. The number of benzene rings is 2. The van der Waals surface area contributed by atoms with Crippen molar-refractivity contribution in [3.05, 3.63) is 72.1 Å². The van der Waals surface area contributed by atoms with Crippen LogP contribution < -0.4 is 5.32 Å². The molecule has 0 aliphatic heterocycles. The Bertz CT molecular complexity index is 750. The lowest BCUT2D eigenvalue weighted by molar-refractivity contribution is 0.682. The third-order valence-corrected chi connectivity index (χ3v) is 4.56. The lowest BCUT2D eigenvalue weighted by Crippen LogP contribution is -2.19. The van der Waals surface area contributed by atoms with E-state index in [0.29, 0.717) is 0 Å². The van der Waals surface area contributed by atoms with Crippen LogP contribution in [0.15, 0.2) is 65.8 Å². The summed E-state index contributed by atoms with van der Waals surface area (Å²) in [7, 11) is 2.00. The summed E-state index contributed by atoms with van der Waals surface area (Å²) in [6.45, 7) is 0. The second-order valence-corrected chi connectivity index (χ2v) is 5.76. The average Bonchev–Trinajstić information content (AvgIpc) is 2.56. The van der Waals surface area contributed by atoms with Gasteiger partial charge in [-0.15, -0.1) is 11.8 Å². The standard InChI is InChI=1S/C18H18N2S/c1-19-18(15-9-5-6-10-17(15)21-2)16-12-20-11-13-7-3-4-8-14(13)16/h3-12,18-19H,1-2H3. The minimum absolute atomic E-state index is 0.146. The van der Waals surface area contributed by atoms with Gasteiger partial charge in [0, 0.05) is 22.7 Å². The third kappa shape index (κ3) is 2.67. The molecule has 3 rings (SSSR count). The van der Waals surface area contributed by atoms with E-state index < -0.39 is 0 Å². The molecule has 1 unspecified atom stereocenters. The van der Waals surface area contributed by atoms with Gasteiger partial charge in [-0.05, 0) is 35.9 Å². The topological polar surface area (TPSA) is 24.9 Å². The molecule has 3 aromatic rings. The van der Waals surface area contributed by atoms with Crippen LogP contribution >= 0.6 is 11.8 Å². The maximum atomic E-state index is 4.42. The molecule has 1 N–H and O–H groups in total. The minimum Gasteiger partial charge on any atom is -0.309 e. The summed E-state index contributed by atoms with van der Waals surface area (Å²) < 4.78 is 0. The molecule has 0 saturated heterocycles. The van der Waals surface area contributed by atoms with Crippen LogP contribution in [0.2, 0.25) is 0 Å². The number of thioether (sulfide) groups is 1. The van der Waals surface area contributed by atoms with Crippen LogP contribution in [-0.2, 0) is 0 Å². The van der Waals surface area contributed by atoms with Crippen LogP contribution in [-0.4, -0.2) is 18.3 Å². The Kier molecular flexibility index (Phi) is 4.23. The fourth-order valence-corrected chi connectivity index (χ4v) is 3.39. The van der Waals surface area contributed by atoms with E-state index in [1.807, 2.05) is 19.4 Å². The second-order valence-electron chi connectivity index (χ2n) is 4.91. The molecule has 0 spiro atoms. The number of hydrogen-bond donors (Lipinski definition) is 1. The van der Waals surface area contributed by atoms with Gasteiger partial charge in [0.05, 0.1) is 6.04 Å². The highest BCUT2D eigenvalue weighted by Crippen LogP contribution is 2.32. The zero-order chi connectivity index (χ0) is 14.7. The van der Waals surface area contributed by atoms with Crippen LogP contribution in [0, 0.1) is 0 Å². The van der Waals surface area contributed by atoms with Crippen molar-refractivity contribution in [1.82, 2.24) is 10.3 Å². The molecule has 2 nitrogen and oxygen atoms in total. The predicted octanol–water partition coefficient (Wildman–Crippen LogP) is 4.27. The molecule has 0 bridgehead atoms. The zero-order valence-electron chi connectivity index (χ0n) is 12.2. The van der Waals surface area contributed by atoms with Crippen molar-refractivity contribution in [2.24, 2.45) is 0 Å². The number of nitrogens with one attached hydrogen (secondary N) is 1.